The number of amides is 2. The van der Waals surface area contributed by atoms with E-state index in [4.69, 9.17) is 5.11 Å². The summed E-state index contributed by atoms with van der Waals surface area (Å²) in [5.74, 6) is -1.73. The predicted molar refractivity (Wildman–Crippen MR) is 66.3 cm³/mol. The molecule has 0 spiro atoms. The first-order valence-corrected chi connectivity index (χ1v) is 5.72. The maximum absolute atomic E-state index is 13.0. The number of aromatic hydroxyl groups is 1. The minimum Gasteiger partial charge on any atom is -0.505 e. The highest BCUT2D eigenvalue weighted by Crippen LogP contribution is 2.19. The Labute approximate surface area is 109 Å². The Morgan fingerprint density at radius 3 is 2.79 bits per heavy atom. The number of hydrogen-bond donors (Lipinski definition) is 3. The Balaban J connectivity index is 2.35. The van der Waals surface area contributed by atoms with Crippen molar-refractivity contribution in [2.75, 3.05) is 18.5 Å². The number of carbonyl (C=O) groups excluding carboxylic acids is 2. The molecule has 1 aromatic carbocycles. The number of ether oxygens (including phenoxy) is 1. The van der Waals surface area contributed by atoms with Crippen molar-refractivity contribution in [1.29, 1.82) is 0 Å². The van der Waals surface area contributed by atoms with Crippen LogP contribution in [0.1, 0.15) is 13.3 Å². The molecular formula is C12H15FN2O4. The average Bonchev–Trinajstić information content (AvgIpc) is 2.34. The SMILES string of the molecule is CCOC(=O)CCNC(=O)Nc1ccc(O)c(F)c1. The van der Waals surface area contributed by atoms with Crippen molar-refractivity contribution in [2.45, 2.75) is 13.3 Å². The minimum atomic E-state index is -0.829. The second kappa shape index (κ2) is 7.20. The van der Waals surface area contributed by atoms with Crippen LogP contribution in [0.2, 0.25) is 0 Å². The number of halogens is 1. The van der Waals surface area contributed by atoms with Crippen LogP contribution in [0.5, 0.6) is 5.75 Å². The number of urea groups is 1. The first-order chi connectivity index (χ1) is 9.02. The zero-order chi connectivity index (χ0) is 14.3. The van der Waals surface area contributed by atoms with Crippen LogP contribution >= 0.6 is 0 Å². The van der Waals surface area contributed by atoms with E-state index in [9.17, 15) is 14.0 Å². The molecule has 0 aliphatic carbocycles. The van der Waals surface area contributed by atoms with Gasteiger partial charge in [0, 0.05) is 18.3 Å². The lowest BCUT2D eigenvalue weighted by Crippen LogP contribution is -2.30. The number of esters is 1. The van der Waals surface area contributed by atoms with Crippen LogP contribution in [0.4, 0.5) is 14.9 Å². The minimum absolute atomic E-state index is 0.0607. The molecule has 0 saturated carbocycles. The molecule has 0 radical (unpaired) electrons. The molecule has 0 aliphatic heterocycles. The Hall–Kier alpha value is -2.31. The van der Waals surface area contributed by atoms with E-state index in [0.717, 1.165) is 12.1 Å². The maximum Gasteiger partial charge on any atom is 0.319 e. The first kappa shape index (κ1) is 14.7. The van der Waals surface area contributed by atoms with Crippen molar-refractivity contribution in [3.05, 3.63) is 24.0 Å². The molecule has 6 nitrogen and oxygen atoms in total. The lowest BCUT2D eigenvalue weighted by atomic mass is 10.3. The summed E-state index contributed by atoms with van der Waals surface area (Å²) in [4.78, 5) is 22.4. The average molecular weight is 270 g/mol. The third-order valence-corrected chi connectivity index (χ3v) is 2.13. The molecule has 0 aliphatic rings. The fourth-order valence-electron chi connectivity index (χ4n) is 1.27. The molecule has 0 aromatic heterocycles. The van der Waals surface area contributed by atoms with Crippen molar-refractivity contribution in [3.8, 4) is 5.75 Å². The number of benzene rings is 1. The molecule has 0 bridgehead atoms. The topological polar surface area (TPSA) is 87.7 Å². The summed E-state index contributed by atoms with van der Waals surface area (Å²) in [6.45, 7) is 2.10. The van der Waals surface area contributed by atoms with Gasteiger partial charge in [0.2, 0.25) is 0 Å². The zero-order valence-corrected chi connectivity index (χ0v) is 10.4. The van der Waals surface area contributed by atoms with E-state index >= 15 is 0 Å². The van der Waals surface area contributed by atoms with Gasteiger partial charge in [-0.05, 0) is 19.1 Å². The van der Waals surface area contributed by atoms with Gasteiger partial charge in [-0.1, -0.05) is 0 Å². The number of nitrogens with one attached hydrogen (secondary N) is 2. The molecule has 1 aromatic rings. The summed E-state index contributed by atoms with van der Waals surface area (Å²) < 4.78 is 17.7. The molecule has 0 saturated heterocycles. The number of hydrogen-bond acceptors (Lipinski definition) is 4. The summed E-state index contributed by atoms with van der Waals surface area (Å²) in [7, 11) is 0. The summed E-state index contributed by atoms with van der Waals surface area (Å²) in [5.41, 5.74) is 0.198. The van der Waals surface area contributed by atoms with Crippen LogP contribution in [0.25, 0.3) is 0 Å². The van der Waals surface area contributed by atoms with Crippen molar-refractivity contribution in [1.82, 2.24) is 5.32 Å². The molecule has 3 N–H and O–H groups in total. The number of carbonyl (C=O) groups is 2. The Bertz CT molecular complexity index is 465. The molecule has 0 unspecified atom stereocenters. The summed E-state index contributed by atoms with van der Waals surface area (Å²) >= 11 is 0. The molecule has 19 heavy (non-hydrogen) atoms. The van der Waals surface area contributed by atoms with Gasteiger partial charge in [0.25, 0.3) is 0 Å². The van der Waals surface area contributed by atoms with Crippen LogP contribution in [0.15, 0.2) is 18.2 Å². The molecule has 104 valence electrons. The largest absolute Gasteiger partial charge is 0.505 e. The van der Waals surface area contributed by atoms with E-state index in [2.05, 4.69) is 15.4 Å². The number of rotatable bonds is 5. The summed E-state index contributed by atoms with van der Waals surface area (Å²) in [6.07, 6.45) is 0.0607. The van der Waals surface area contributed by atoms with Gasteiger partial charge in [0.05, 0.1) is 13.0 Å². The van der Waals surface area contributed by atoms with E-state index in [-0.39, 0.29) is 25.3 Å². The van der Waals surface area contributed by atoms with E-state index < -0.39 is 23.6 Å². The molecule has 0 atom stereocenters. The lowest BCUT2D eigenvalue weighted by molar-refractivity contribution is -0.142. The Kier molecular flexibility index (Phi) is 5.59. The number of phenolic OH excluding ortho intramolecular Hbond substituents is 1. The monoisotopic (exact) mass is 270 g/mol. The lowest BCUT2D eigenvalue weighted by Gasteiger charge is -2.07. The fourth-order valence-corrected chi connectivity index (χ4v) is 1.27. The third-order valence-electron chi connectivity index (χ3n) is 2.13. The molecular weight excluding hydrogens is 255 g/mol. The van der Waals surface area contributed by atoms with Gasteiger partial charge in [0.15, 0.2) is 11.6 Å². The van der Waals surface area contributed by atoms with Crippen LogP contribution in [-0.2, 0) is 9.53 Å². The van der Waals surface area contributed by atoms with Gasteiger partial charge in [-0.25, -0.2) is 9.18 Å². The van der Waals surface area contributed by atoms with Gasteiger partial charge in [-0.3, -0.25) is 4.79 Å². The quantitative estimate of drug-likeness (QED) is 0.560. The van der Waals surface area contributed by atoms with Crippen LogP contribution < -0.4 is 10.6 Å². The first-order valence-electron chi connectivity index (χ1n) is 5.72. The van der Waals surface area contributed by atoms with Crippen molar-refractivity contribution in [3.63, 3.8) is 0 Å². The van der Waals surface area contributed by atoms with E-state index in [1.807, 2.05) is 0 Å². The predicted octanol–water partition coefficient (Wildman–Crippen LogP) is 1.61. The van der Waals surface area contributed by atoms with Gasteiger partial charge in [0.1, 0.15) is 0 Å². The van der Waals surface area contributed by atoms with Gasteiger partial charge in [-0.2, -0.15) is 0 Å². The number of phenols is 1. The van der Waals surface area contributed by atoms with Gasteiger partial charge >= 0.3 is 12.0 Å². The third kappa shape index (κ3) is 5.24. The van der Waals surface area contributed by atoms with Crippen LogP contribution in [0, 0.1) is 5.82 Å². The molecule has 2 amide bonds. The maximum atomic E-state index is 13.0. The summed E-state index contributed by atoms with van der Waals surface area (Å²) in [6, 6.07) is 2.89. The standard InChI is InChI=1S/C12H15FN2O4/c1-2-19-11(17)5-6-14-12(18)15-8-3-4-10(16)9(13)7-8/h3-4,7,16H,2,5-6H2,1H3,(H2,14,15,18). The van der Waals surface area contributed by atoms with Crippen molar-refractivity contribution >= 4 is 17.7 Å². The molecule has 0 fully saturated rings. The van der Waals surface area contributed by atoms with Gasteiger partial charge in [-0.15, -0.1) is 0 Å². The number of anilines is 1. The second-order valence-electron chi connectivity index (χ2n) is 3.60. The van der Waals surface area contributed by atoms with Gasteiger partial charge < -0.3 is 20.5 Å². The molecule has 7 heteroatoms. The highest BCUT2D eigenvalue weighted by atomic mass is 19.1. The van der Waals surface area contributed by atoms with E-state index in [1.54, 1.807) is 6.92 Å². The molecule has 1 rings (SSSR count). The Morgan fingerprint density at radius 1 is 1.42 bits per heavy atom. The van der Waals surface area contributed by atoms with Crippen LogP contribution in [0.3, 0.4) is 0 Å². The Morgan fingerprint density at radius 2 is 2.16 bits per heavy atom. The van der Waals surface area contributed by atoms with Crippen LogP contribution in [-0.4, -0.2) is 30.3 Å². The van der Waals surface area contributed by atoms with Crippen molar-refractivity contribution < 1.29 is 23.8 Å². The normalized spacial score (nSPS) is 9.79. The fraction of sp³-hybridized carbons (Fsp3) is 0.333. The van der Waals surface area contributed by atoms with E-state index in [1.165, 1.54) is 6.07 Å². The second-order valence-corrected chi connectivity index (χ2v) is 3.60. The summed E-state index contributed by atoms with van der Waals surface area (Å²) in [5, 5.41) is 13.8. The smallest absolute Gasteiger partial charge is 0.319 e. The molecule has 0 heterocycles. The highest BCUT2D eigenvalue weighted by molar-refractivity contribution is 5.89. The zero-order valence-electron chi connectivity index (χ0n) is 10.4. The van der Waals surface area contributed by atoms with Crippen molar-refractivity contribution in [2.24, 2.45) is 0 Å². The van der Waals surface area contributed by atoms with E-state index in [0.29, 0.717) is 0 Å². The highest BCUT2D eigenvalue weighted by Gasteiger charge is 2.06.